The Bertz CT molecular complexity index is 327. The summed E-state index contributed by atoms with van der Waals surface area (Å²) in [6, 6.07) is 1.80. The zero-order valence-electron chi connectivity index (χ0n) is 9.48. The Hall–Kier alpha value is -1.36. The van der Waals surface area contributed by atoms with Crippen molar-refractivity contribution < 1.29 is 9.47 Å². The number of aromatic nitrogens is 2. The molecule has 1 fully saturated rings. The Morgan fingerprint density at radius 1 is 1.56 bits per heavy atom. The van der Waals surface area contributed by atoms with Crippen molar-refractivity contribution in [2.45, 2.75) is 12.8 Å². The predicted molar refractivity (Wildman–Crippen MR) is 60.6 cm³/mol. The summed E-state index contributed by atoms with van der Waals surface area (Å²) in [6.45, 7) is 2.63. The van der Waals surface area contributed by atoms with Crippen LogP contribution in [0.15, 0.2) is 12.4 Å². The summed E-state index contributed by atoms with van der Waals surface area (Å²) in [5.41, 5.74) is 0. The summed E-state index contributed by atoms with van der Waals surface area (Å²) in [5.74, 6) is 1.96. The first kappa shape index (κ1) is 11.1. The molecule has 5 heteroatoms. The summed E-state index contributed by atoms with van der Waals surface area (Å²) >= 11 is 0. The smallest absolute Gasteiger partial charge is 0.218 e. The van der Waals surface area contributed by atoms with Gasteiger partial charge in [-0.2, -0.15) is 0 Å². The fourth-order valence-corrected chi connectivity index (χ4v) is 1.77. The van der Waals surface area contributed by atoms with E-state index in [1.54, 1.807) is 13.2 Å². The van der Waals surface area contributed by atoms with E-state index < -0.39 is 0 Å². The first-order chi connectivity index (χ1) is 7.88. The van der Waals surface area contributed by atoms with Crippen LogP contribution in [0.1, 0.15) is 12.8 Å². The molecule has 2 heterocycles. The van der Waals surface area contributed by atoms with Crippen LogP contribution >= 0.6 is 0 Å². The second-order valence-electron chi connectivity index (χ2n) is 3.91. The third-order valence-electron chi connectivity index (χ3n) is 2.68. The molecule has 0 aliphatic carbocycles. The minimum Gasteiger partial charge on any atom is -0.481 e. The average Bonchev–Trinajstić information content (AvgIpc) is 2.38. The number of methoxy groups -OCH3 is 1. The van der Waals surface area contributed by atoms with Gasteiger partial charge in [-0.15, -0.1) is 0 Å². The van der Waals surface area contributed by atoms with Crippen molar-refractivity contribution in [3.63, 3.8) is 0 Å². The fraction of sp³-hybridized carbons (Fsp3) is 0.636. The van der Waals surface area contributed by atoms with Crippen LogP contribution in [-0.2, 0) is 4.74 Å². The Morgan fingerprint density at radius 2 is 2.50 bits per heavy atom. The van der Waals surface area contributed by atoms with E-state index in [-0.39, 0.29) is 0 Å². The summed E-state index contributed by atoms with van der Waals surface area (Å²) in [5, 5.41) is 3.28. The standard InChI is InChI=1S/C11H17N3O2/c1-15-11-5-10(13-8-14-11)12-6-9-3-2-4-16-7-9/h5,8-9H,2-4,6-7H2,1H3,(H,12,13,14). The van der Waals surface area contributed by atoms with Gasteiger partial charge in [0, 0.05) is 19.2 Å². The molecule has 1 aliphatic rings. The van der Waals surface area contributed by atoms with Crippen LogP contribution in [0.5, 0.6) is 5.88 Å². The van der Waals surface area contributed by atoms with Crippen molar-refractivity contribution in [2.75, 3.05) is 32.2 Å². The first-order valence-corrected chi connectivity index (χ1v) is 5.56. The zero-order chi connectivity index (χ0) is 11.2. The minimum absolute atomic E-state index is 0.578. The zero-order valence-corrected chi connectivity index (χ0v) is 9.48. The Labute approximate surface area is 95.2 Å². The van der Waals surface area contributed by atoms with Gasteiger partial charge in [-0.3, -0.25) is 0 Å². The van der Waals surface area contributed by atoms with Crippen molar-refractivity contribution >= 4 is 5.82 Å². The second kappa shape index (κ2) is 5.65. The highest BCUT2D eigenvalue weighted by Gasteiger charge is 2.13. The van der Waals surface area contributed by atoms with Crippen LogP contribution in [0.25, 0.3) is 0 Å². The van der Waals surface area contributed by atoms with Crippen LogP contribution in [0.4, 0.5) is 5.82 Å². The predicted octanol–water partition coefficient (Wildman–Crippen LogP) is 1.32. The third-order valence-corrected chi connectivity index (χ3v) is 2.68. The summed E-state index contributed by atoms with van der Waals surface area (Å²) < 4.78 is 10.4. The van der Waals surface area contributed by atoms with Crippen molar-refractivity contribution in [3.05, 3.63) is 12.4 Å². The normalized spacial score (nSPS) is 20.4. The molecule has 1 saturated heterocycles. The maximum absolute atomic E-state index is 5.42. The lowest BCUT2D eigenvalue weighted by molar-refractivity contribution is 0.0595. The minimum atomic E-state index is 0.578. The van der Waals surface area contributed by atoms with E-state index in [2.05, 4.69) is 15.3 Å². The maximum atomic E-state index is 5.42. The molecule has 1 atom stereocenters. The number of rotatable bonds is 4. The van der Waals surface area contributed by atoms with Crippen molar-refractivity contribution in [1.82, 2.24) is 9.97 Å². The molecule has 1 aliphatic heterocycles. The lowest BCUT2D eigenvalue weighted by Gasteiger charge is -2.22. The van der Waals surface area contributed by atoms with Crippen LogP contribution < -0.4 is 10.1 Å². The molecule has 0 amide bonds. The van der Waals surface area contributed by atoms with Gasteiger partial charge in [0.05, 0.1) is 13.7 Å². The molecule has 1 unspecified atom stereocenters. The van der Waals surface area contributed by atoms with Crippen LogP contribution in [-0.4, -0.2) is 36.8 Å². The Kier molecular flexibility index (Phi) is 3.93. The quantitative estimate of drug-likeness (QED) is 0.834. The molecular weight excluding hydrogens is 206 g/mol. The van der Waals surface area contributed by atoms with E-state index in [9.17, 15) is 0 Å². The van der Waals surface area contributed by atoms with E-state index in [1.807, 2.05) is 0 Å². The molecule has 2 rings (SSSR count). The molecule has 5 nitrogen and oxygen atoms in total. The number of nitrogens with one attached hydrogen (secondary N) is 1. The topological polar surface area (TPSA) is 56.3 Å². The van der Waals surface area contributed by atoms with E-state index in [0.29, 0.717) is 11.8 Å². The van der Waals surface area contributed by atoms with Crippen LogP contribution in [0, 0.1) is 5.92 Å². The van der Waals surface area contributed by atoms with Gasteiger partial charge in [0.2, 0.25) is 5.88 Å². The highest BCUT2D eigenvalue weighted by Crippen LogP contribution is 2.15. The van der Waals surface area contributed by atoms with E-state index in [1.165, 1.54) is 12.7 Å². The highest BCUT2D eigenvalue weighted by atomic mass is 16.5. The molecule has 1 N–H and O–H groups in total. The molecule has 0 spiro atoms. The number of anilines is 1. The Morgan fingerprint density at radius 3 is 3.25 bits per heavy atom. The van der Waals surface area contributed by atoms with E-state index in [0.717, 1.165) is 32.0 Å². The average molecular weight is 223 g/mol. The summed E-state index contributed by atoms with van der Waals surface area (Å²) in [7, 11) is 1.60. The van der Waals surface area contributed by atoms with Gasteiger partial charge in [-0.25, -0.2) is 9.97 Å². The van der Waals surface area contributed by atoms with Crippen LogP contribution in [0.2, 0.25) is 0 Å². The number of nitrogens with zero attached hydrogens (tertiary/aromatic N) is 2. The molecule has 0 saturated carbocycles. The maximum Gasteiger partial charge on any atom is 0.218 e. The van der Waals surface area contributed by atoms with Crippen molar-refractivity contribution in [2.24, 2.45) is 5.92 Å². The van der Waals surface area contributed by atoms with E-state index >= 15 is 0 Å². The SMILES string of the molecule is COc1cc(NCC2CCCOC2)ncn1. The lowest BCUT2D eigenvalue weighted by Crippen LogP contribution is -2.24. The second-order valence-corrected chi connectivity index (χ2v) is 3.91. The molecular formula is C11H17N3O2. The highest BCUT2D eigenvalue weighted by molar-refractivity contribution is 5.36. The molecule has 0 aromatic carbocycles. The molecule has 16 heavy (non-hydrogen) atoms. The molecule has 1 aromatic rings. The van der Waals surface area contributed by atoms with Crippen LogP contribution in [0.3, 0.4) is 0 Å². The fourth-order valence-electron chi connectivity index (χ4n) is 1.77. The molecule has 0 bridgehead atoms. The number of hydrogen-bond donors (Lipinski definition) is 1. The largest absolute Gasteiger partial charge is 0.481 e. The molecule has 0 radical (unpaired) electrons. The monoisotopic (exact) mass is 223 g/mol. The van der Waals surface area contributed by atoms with Gasteiger partial charge in [-0.05, 0) is 18.8 Å². The van der Waals surface area contributed by atoms with Gasteiger partial charge in [0.15, 0.2) is 0 Å². The van der Waals surface area contributed by atoms with Gasteiger partial charge < -0.3 is 14.8 Å². The molecule has 1 aromatic heterocycles. The Balaban J connectivity index is 1.83. The van der Waals surface area contributed by atoms with Crippen molar-refractivity contribution in [3.8, 4) is 5.88 Å². The number of ether oxygens (including phenoxy) is 2. The summed E-state index contributed by atoms with van der Waals surface area (Å²) in [4.78, 5) is 8.08. The third kappa shape index (κ3) is 3.06. The lowest BCUT2D eigenvalue weighted by atomic mass is 10.0. The van der Waals surface area contributed by atoms with Crippen molar-refractivity contribution in [1.29, 1.82) is 0 Å². The van der Waals surface area contributed by atoms with Gasteiger partial charge >= 0.3 is 0 Å². The van der Waals surface area contributed by atoms with Gasteiger partial charge in [0.1, 0.15) is 12.1 Å². The van der Waals surface area contributed by atoms with Gasteiger partial charge in [0.25, 0.3) is 0 Å². The number of hydrogen-bond acceptors (Lipinski definition) is 5. The molecule has 88 valence electrons. The first-order valence-electron chi connectivity index (χ1n) is 5.56. The van der Waals surface area contributed by atoms with E-state index in [4.69, 9.17) is 9.47 Å². The van der Waals surface area contributed by atoms with Gasteiger partial charge in [-0.1, -0.05) is 0 Å². The summed E-state index contributed by atoms with van der Waals surface area (Å²) in [6.07, 6.45) is 3.87.